The smallest absolute Gasteiger partial charge is 0.354 e. The van der Waals surface area contributed by atoms with Crippen molar-refractivity contribution in [2.45, 2.75) is 19.5 Å². The monoisotopic (exact) mass is 324 g/mol. The third kappa shape index (κ3) is 4.67. The quantitative estimate of drug-likeness (QED) is 0.882. The summed E-state index contributed by atoms with van der Waals surface area (Å²) in [4.78, 5) is 20.1. The number of carbonyl (C=O) groups excluding carboxylic acids is 1. The van der Waals surface area contributed by atoms with E-state index in [-0.39, 0.29) is 11.4 Å². The molecular formula is C15H15F3N4O. The van der Waals surface area contributed by atoms with Crippen LogP contribution < -0.4 is 10.6 Å². The van der Waals surface area contributed by atoms with Gasteiger partial charge in [-0.2, -0.15) is 13.2 Å². The van der Waals surface area contributed by atoms with Crippen molar-refractivity contribution in [2.24, 2.45) is 0 Å². The zero-order valence-electron chi connectivity index (χ0n) is 12.3. The molecule has 0 spiro atoms. The number of carbonyl (C=O) groups is 1. The fraction of sp³-hybridized carbons (Fsp3) is 0.267. The molecule has 2 N–H and O–H groups in total. The van der Waals surface area contributed by atoms with Crippen molar-refractivity contribution < 1.29 is 18.0 Å². The number of hydrogen-bond donors (Lipinski definition) is 2. The number of amides is 1. The van der Waals surface area contributed by atoms with Crippen LogP contribution in [0.3, 0.4) is 0 Å². The van der Waals surface area contributed by atoms with Crippen molar-refractivity contribution in [2.75, 3.05) is 17.2 Å². The van der Waals surface area contributed by atoms with E-state index in [2.05, 4.69) is 20.6 Å². The van der Waals surface area contributed by atoms with Crippen molar-refractivity contribution in [3.63, 3.8) is 0 Å². The van der Waals surface area contributed by atoms with Gasteiger partial charge in [-0.3, -0.25) is 4.79 Å². The molecule has 1 aromatic heterocycles. The minimum Gasteiger partial charge on any atom is -0.354 e. The van der Waals surface area contributed by atoms with Crippen LogP contribution in [0.25, 0.3) is 0 Å². The average molecular weight is 324 g/mol. The Kier molecular flexibility index (Phi) is 5.15. The summed E-state index contributed by atoms with van der Waals surface area (Å²) in [6.45, 7) is 2.65. The summed E-state index contributed by atoms with van der Waals surface area (Å²) in [5.41, 5.74) is -0.397. The number of hydrogen-bond acceptors (Lipinski definition) is 4. The highest BCUT2D eigenvalue weighted by atomic mass is 19.4. The Balaban J connectivity index is 2.07. The third-order valence-corrected chi connectivity index (χ3v) is 2.89. The van der Waals surface area contributed by atoms with Gasteiger partial charge in [0.15, 0.2) is 0 Å². The average Bonchev–Trinajstić information content (AvgIpc) is 2.53. The Labute approximate surface area is 131 Å². The molecular weight excluding hydrogens is 309 g/mol. The van der Waals surface area contributed by atoms with Crippen LogP contribution >= 0.6 is 0 Å². The highest BCUT2D eigenvalue weighted by Gasteiger charge is 2.30. The van der Waals surface area contributed by atoms with Crippen LogP contribution in [-0.2, 0) is 6.18 Å². The maximum atomic E-state index is 12.5. The molecule has 0 atom stereocenters. The second-order valence-electron chi connectivity index (χ2n) is 4.72. The van der Waals surface area contributed by atoms with Gasteiger partial charge in [0, 0.05) is 18.4 Å². The number of aromatic nitrogens is 2. The Morgan fingerprint density at radius 2 is 1.87 bits per heavy atom. The highest BCUT2D eigenvalue weighted by Crippen LogP contribution is 2.29. The van der Waals surface area contributed by atoms with Crippen LogP contribution in [-0.4, -0.2) is 22.4 Å². The molecule has 0 saturated carbocycles. The van der Waals surface area contributed by atoms with Crippen molar-refractivity contribution >= 4 is 17.5 Å². The zero-order valence-corrected chi connectivity index (χ0v) is 12.3. The first-order chi connectivity index (χ1) is 10.9. The van der Waals surface area contributed by atoms with Crippen LogP contribution in [0.5, 0.6) is 0 Å². The molecule has 0 radical (unpaired) electrons. The predicted molar refractivity (Wildman–Crippen MR) is 80.2 cm³/mol. The fourth-order valence-corrected chi connectivity index (χ4v) is 1.74. The van der Waals surface area contributed by atoms with E-state index in [1.807, 2.05) is 6.92 Å². The fourth-order valence-electron chi connectivity index (χ4n) is 1.74. The van der Waals surface area contributed by atoms with Gasteiger partial charge in [0.25, 0.3) is 5.91 Å². The summed E-state index contributed by atoms with van der Waals surface area (Å²) in [5, 5.41) is 5.45. The zero-order chi connectivity index (χ0) is 16.9. The molecule has 2 aromatic rings. The molecule has 1 aromatic carbocycles. The predicted octanol–water partition coefficient (Wildman–Crippen LogP) is 3.57. The topological polar surface area (TPSA) is 66.9 Å². The number of rotatable bonds is 5. The summed E-state index contributed by atoms with van der Waals surface area (Å²) >= 11 is 0. The number of alkyl halides is 3. The first-order valence-corrected chi connectivity index (χ1v) is 6.95. The number of benzene rings is 1. The lowest BCUT2D eigenvalue weighted by molar-refractivity contribution is -0.137. The maximum absolute atomic E-state index is 12.5. The van der Waals surface area contributed by atoms with E-state index in [0.29, 0.717) is 12.5 Å². The molecule has 1 amide bonds. The van der Waals surface area contributed by atoms with Gasteiger partial charge in [-0.25, -0.2) is 9.97 Å². The maximum Gasteiger partial charge on any atom is 0.416 e. The first-order valence-electron chi connectivity index (χ1n) is 6.95. The van der Waals surface area contributed by atoms with E-state index in [1.165, 1.54) is 24.4 Å². The Morgan fingerprint density at radius 1 is 1.17 bits per heavy atom. The molecule has 0 unspecified atom stereocenters. The lowest BCUT2D eigenvalue weighted by Crippen LogP contribution is -2.15. The van der Waals surface area contributed by atoms with Gasteiger partial charge in [-0.15, -0.1) is 0 Å². The molecule has 0 aliphatic heterocycles. The van der Waals surface area contributed by atoms with E-state index >= 15 is 0 Å². The Bertz CT molecular complexity index is 671. The summed E-state index contributed by atoms with van der Waals surface area (Å²) < 4.78 is 37.4. The third-order valence-electron chi connectivity index (χ3n) is 2.89. The first kappa shape index (κ1) is 16.7. The summed E-state index contributed by atoms with van der Waals surface area (Å²) in [5.74, 6) is -0.196. The molecule has 2 rings (SSSR count). The molecule has 0 bridgehead atoms. The second-order valence-corrected chi connectivity index (χ2v) is 4.72. The van der Waals surface area contributed by atoms with Crippen LogP contribution in [0.15, 0.2) is 36.5 Å². The van der Waals surface area contributed by atoms with Crippen LogP contribution in [0, 0.1) is 0 Å². The highest BCUT2D eigenvalue weighted by molar-refractivity contribution is 6.02. The molecule has 0 saturated heterocycles. The van der Waals surface area contributed by atoms with Crippen LogP contribution in [0.1, 0.15) is 29.4 Å². The molecule has 5 nitrogen and oxygen atoms in total. The Morgan fingerprint density at radius 3 is 2.48 bits per heavy atom. The standard InChI is InChI=1S/C15H15F3N4O/c1-2-8-19-14-20-9-7-12(22-14)13(23)21-11-5-3-10(4-6-11)15(16,17)18/h3-7,9H,2,8H2,1H3,(H,21,23)(H,19,20,22). The van der Waals surface area contributed by atoms with E-state index in [4.69, 9.17) is 0 Å². The molecule has 8 heteroatoms. The van der Waals surface area contributed by atoms with Gasteiger partial charge in [-0.05, 0) is 36.8 Å². The van der Waals surface area contributed by atoms with E-state index in [0.717, 1.165) is 18.6 Å². The van der Waals surface area contributed by atoms with E-state index < -0.39 is 17.6 Å². The number of nitrogens with one attached hydrogen (secondary N) is 2. The molecule has 0 aliphatic rings. The van der Waals surface area contributed by atoms with Crippen LogP contribution in [0.4, 0.5) is 24.8 Å². The minimum atomic E-state index is -4.41. The van der Waals surface area contributed by atoms with E-state index in [1.54, 1.807) is 0 Å². The van der Waals surface area contributed by atoms with Crippen LogP contribution in [0.2, 0.25) is 0 Å². The normalized spacial score (nSPS) is 11.1. The number of nitrogens with zero attached hydrogens (tertiary/aromatic N) is 2. The van der Waals surface area contributed by atoms with Crippen molar-refractivity contribution in [1.82, 2.24) is 9.97 Å². The van der Waals surface area contributed by atoms with Gasteiger partial charge >= 0.3 is 6.18 Å². The van der Waals surface area contributed by atoms with Gasteiger partial charge < -0.3 is 10.6 Å². The van der Waals surface area contributed by atoms with Gasteiger partial charge in [0.2, 0.25) is 5.95 Å². The van der Waals surface area contributed by atoms with Gasteiger partial charge in [0.05, 0.1) is 5.56 Å². The van der Waals surface area contributed by atoms with Gasteiger partial charge in [-0.1, -0.05) is 6.92 Å². The number of anilines is 2. The Hall–Kier alpha value is -2.64. The lowest BCUT2D eigenvalue weighted by Gasteiger charge is -2.09. The SMILES string of the molecule is CCCNc1nccc(C(=O)Nc2ccc(C(F)(F)F)cc2)n1. The second kappa shape index (κ2) is 7.08. The summed E-state index contributed by atoms with van der Waals surface area (Å²) in [6, 6.07) is 5.63. The number of halogens is 3. The summed E-state index contributed by atoms with van der Waals surface area (Å²) in [7, 11) is 0. The largest absolute Gasteiger partial charge is 0.416 e. The van der Waals surface area contributed by atoms with Crippen molar-refractivity contribution in [3.8, 4) is 0 Å². The molecule has 23 heavy (non-hydrogen) atoms. The van der Waals surface area contributed by atoms with Crippen molar-refractivity contribution in [3.05, 3.63) is 47.8 Å². The molecule has 0 fully saturated rings. The minimum absolute atomic E-state index is 0.124. The molecule has 0 aliphatic carbocycles. The molecule has 1 heterocycles. The van der Waals surface area contributed by atoms with E-state index in [9.17, 15) is 18.0 Å². The molecule has 122 valence electrons. The summed E-state index contributed by atoms with van der Waals surface area (Å²) in [6.07, 6.45) is -2.09. The van der Waals surface area contributed by atoms with Crippen molar-refractivity contribution in [1.29, 1.82) is 0 Å². The lowest BCUT2D eigenvalue weighted by atomic mass is 10.2. The van der Waals surface area contributed by atoms with Gasteiger partial charge in [0.1, 0.15) is 5.69 Å².